The Hall–Kier alpha value is -1.48. The molecule has 1 N–H and O–H groups in total. The maximum absolute atomic E-state index is 12.1. The molecular formula is C14H14ClNO2. The lowest BCUT2D eigenvalue weighted by Crippen LogP contribution is -2.54. The van der Waals surface area contributed by atoms with Crippen molar-refractivity contribution in [2.45, 2.75) is 24.8 Å². The van der Waals surface area contributed by atoms with Gasteiger partial charge in [-0.1, -0.05) is 18.2 Å². The van der Waals surface area contributed by atoms with Crippen molar-refractivity contribution in [2.24, 2.45) is 0 Å². The predicted molar refractivity (Wildman–Crippen MR) is 71.0 cm³/mol. The van der Waals surface area contributed by atoms with Crippen LogP contribution in [0, 0.1) is 0 Å². The molecule has 0 bridgehead atoms. The highest BCUT2D eigenvalue weighted by molar-refractivity contribution is 6.19. The van der Waals surface area contributed by atoms with Crippen LogP contribution in [-0.4, -0.2) is 17.3 Å². The average molecular weight is 264 g/mol. The van der Waals surface area contributed by atoms with Crippen LogP contribution in [-0.2, 0) is 0 Å². The molecule has 0 saturated heterocycles. The van der Waals surface area contributed by atoms with Crippen LogP contribution in [0.2, 0.25) is 0 Å². The largest absolute Gasteiger partial charge is 0.451 e. The molecular weight excluding hydrogens is 250 g/mol. The van der Waals surface area contributed by atoms with E-state index in [1.54, 1.807) is 6.07 Å². The summed E-state index contributed by atoms with van der Waals surface area (Å²) < 4.78 is 5.53. The summed E-state index contributed by atoms with van der Waals surface area (Å²) in [7, 11) is 0. The van der Waals surface area contributed by atoms with Crippen LogP contribution in [0.15, 0.2) is 34.7 Å². The number of fused-ring (bicyclic) bond motifs is 1. The van der Waals surface area contributed by atoms with Gasteiger partial charge in [0.1, 0.15) is 5.58 Å². The first-order valence-corrected chi connectivity index (χ1v) is 6.63. The molecule has 3 nitrogen and oxygen atoms in total. The lowest BCUT2D eigenvalue weighted by molar-refractivity contribution is 0.0827. The van der Waals surface area contributed by atoms with Crippen LogP contribution < -0.4 is 5.32 Å². The summed E-state index contributed by atoms with van der Waals surface area (Å²) in [5.74, 6) is 0.637. The number of para-hydroxylation sites is 1. The molecule has 0 radical (unpaired) electrons. The quantitative estimate of drug-likeness (QED) is 0.863. The number of amides is 1. The summed E-state index contributed by atoms with van der Waals surface area (Å²) in [5, 5.41) is 3.93. The maximum Gasteiger partial charge on any atom is 0.287 e. The molecule has 1 aliphatic carbocycles. The second-order valence-corrected chi connectivity index (χ2v) is 5.14. The van der Waals surface area contributed by atoms with E-state index in [2.05, 4.69) is 5.32 Å². The fraction of sp³-hybridized carbons (Fsp3) is 0.357. The van der Waals surface area contributed by atoms with Crippen molar-refractivity contribution in [1.82, 2.24) is 5.32 Å². The van der Waals surface area contributed by atoms with E-state index < -0.39 is 0 Å². The molecule has 1 fully saturated rings. The van der Waals surface area contributed by atoms with Gasteiger partial charge in [0, 0.05) is 11.3 Å². The van der Waals surface area contributed by atoms with Gasteiger partial charge in [0.05, 0.1) is 5.54 Å². The Morgan fingerprint density at radius 2 is 2.17 bits per heavy atom. The fourth-order valence-electron chi connectivity index (χ4n) is 2.29. The van der Waals surface area contributed by atoms with Crippen LogP contribution in [0.3, 0.4) is 0 Å². The molecule has 94 valence electrons. The first kappa shape index (κ1) is 11.6. The van der Waals surface area contributed by atoms with E-state index in [9.17, 15) is 4.79 Å². The number of nitrogens with one attached hydrogen (secondary N) is 1. The number of halogens is 1. The summed E-state index contributed by atoms with van der Waals surface area (Å²) in [6.45, 7) is 0. The third-order valence-electron chi connectivity index (χ3n) is 3.59. The topological polar surface area (TPSA) is 42.2 Å². The van der Waals surface area contributed by atoms with Gasteiger partial charge in [0.15, 0.2) is 5.76 Å². The molecule has 0 atom stereocenters. The van der Waals surface area contributed by atoms with Crippen LogP contribution in [0.5, 0.6) is 0 Å². The number of alkyl halides is 1. The molecule has 1 saturated carbocycles. The average Bonchev–Trinajstić information content (AvgIpc) is 2.77. The highest BCUT2D eigenvalue weighted by Gasteiger charge is 2.38. The minimum Gasteiger partial charge on any atom is -0.451 e. The van der Waals surface area contributed by atoms with Crippen LogP contribution in [0.1, 0.15) is 29.8 Å². The standard InChI is InChI=1S/C14H14ClNO2/c15-9-14(6-3-7-14)16-13(17)12-8-10-4-1-2-5-11(10)18-12/h1-2,4-5,8H,3,6-7,9H2,(H,16,17). The Bertz CT molecular complexity index is 548. The summed E-state index contributed by atoms with van der Waals surface area (Å²) in [6, 6.07) is 9.36. The first-order chi connectivity index (χ1) is 8.72. The number of carbonyl (C=O) groups is 1. The van der Waals surface area contributed by atoms with E-state index >= 15 is 0 Å². The van der Waals surface area contributed by atoms with Gasteiger partial charge >= 0.3 is 0 Å². The van der Waals surface area contributed by atoms with E-state index in [0.29, 0.717) is 11.6 Å². The number of furan rings is 1. The zero-order valence-corrected chi connectivity index (χ0v) is 10.7. The van der Waals surface area contributed by atoms with Crippen LogP contribution in [0.4, 0.5) is 0 Å². The summed E-state index contributed by atoms with van der Waals surface area (Å²) in [5.41, 5.74) is 0.508. The van der Waals surface area contributed by atoms with Crippen molar-refractivity contribution in [1.29, 1.82) is 0 Å². The molecule has 2 aromatic rings. The lowest BCUT2D eigenvalue weighted by atomic mass is 9.78. The van der Waals surface area contributed by atoms with E-state index in [4.69, 9.17) is 16.0 Å². The van der Waals surface area contributed by atoms with Crippen molar-refractivity contribution >= 4 is 28.5 Å². The number of benzene rings is 1. The number of rotatable bonds is 3. The third kappa shape index (κ3) is 1.89. The van der Waals surface area contributed by atoms with Gasteiger partial charge in [-0.15, -0.1) is 11.6 Å². The molecule has 1 aromatic carbocycles. The van der Waals surface area contributed by atoms with Crippen molar-refractivity contribution in [3.63, 3.8) is 0 Å². The van der Waals surface area contributed by atoms with E-state index in [0.717, 1.165) is 30.2 Å². The monoisotopic (exact) mass is 263 g/mol. The summed E-state index contributed by atoms with van der Waals surface area (Å²) in [4.78, 5) is 12.1. The van der Waals surface area contributed by atoms with Gasteiger partial charge in [0.25, 0.3) is 5.91 Å². The highest BCUT2D eigenvalue weighted by Crippen LogP contribution is 2.33. The molecule has 18 heavy (non-hydrogen) atoms. The molecule has 0 unspecified atom stereocenters. The Balaban J connectivity index is 1.83. The van der Waals surface area contributed by atoms with Gasteiger partial charge in [-0.05, 0) is 31.4 Å². The molecule has 0 spiro atoms. The normalized spacial score (nSPS) is 17.4. The van der Waals surface area contributed by atoms with E-state index in [1.165, 1.54) is 0 Å². The Morgan fingerprint density at radius 3 is 2.78 bits per heavy atom. The van der Waals surface area contributed by atoms with Crippen molar-refractivity contribution in [3.05, 3.63) is 36.1 Å². The number of hydrogen-bond donors (Lipinski definition) is 1. The fourth-order valence-corrected chi connectivity index (χ4v) is 2.63. The molecule has 1 amide bonds. The van der Waals surface area contributed by atoms with Gasteiger partial charge in [-0.25, -0.2) is 0 Å². The second kappa shape index (κ2) is 4.32. The van der Waals surface area contributed by atoms with Gasteiger partial charge in [-0.2, -0.15) is 0 Å². The van der Waals surface area contributed by atoms with Crippen LogP contribution >= 0.6 is 11.6 Å². The minimum atomic E-state index is -0.225. The summed E-state index contributed by atoms with van der Waals surface area (Å²) >= 11 is 5.93. The molecule has 3 rings (SSSR count). The molecule has 1 heterocycles. The number of carbonyl (C=O) groups excluding carboxylic acids is 1. The highest BCUT2D eigenvalue weighted by atomic mass is 35.5. The van der Waals surface area contributed by atoms with Crippen molar-refractivity contribution in [2.75, 3.05) is 5.88 Å². The number of hydrogen-bond acceptors (Lipinski definition) is 2. The molecule has 4 heteroatoms. The van der Waals surface area contributed by atoms with Gasteiger partial charge in [0.2, 0.25) is 0 Å². The van der Waals surface area contributed by atoms with Gasteiger partial charge < -0.3 is 9.73 Å². The minimum absolute atomic E-state index is 0.174. The lowest BCUT2D eigenvalue weighted by Gasteiger charge is -2.40. The summed E-state index contributed by atoms with van der Waals surface area (Å²) in [6.07, 6.45) is 3.01. The first-order valence-electron chi connectivity index (χ1n) is 6.09. The predicted octanol–water partition coefficient (Wildman–Crippen LogP) is 3.32. The van der Waals surface area contributed by atoms with Gasteiger partial charge in [-0.3, -0.25) is 4.79 Å². The SMILES string of the molecule is O=C(NC1(CCl)CCC1)c1cc2ccccc2o1. The van der Waals surface area contributed by atoms with Crippen molar-refractivity contribution in [3.8, 4) is 0 Å². The smallest absolute Gasteiger partial charge is 0.287 e. The molecule has 1 aliphatic rings. The van der Waals surface area contributed by atoms with E-state index in [-0.39, 0.29) is 11.4 Å². The molecule has 0 aliphatic heterocycles. The Kier molecular flexibility index (Phi) is 2.78. The Labute approximate surface area is 110 Å². The van der Waals surface area contributed by atoms with Crippen molar-refractivity contribution < 1.29 is 9.21 Å². The molecule has 1 aromatic heterocycles. The zero-order chi connectivity index (χ0) is 12.6. The zero-order valence-electron chi connectivity index (χ0n) is 9.91. The van der Waals surface area contributed by atoms with Crippen LogP contribution in [0.25, 0.3) is 11.0 Å². The Morgan fingerprint density at radius 1 is 1.39 bits per heavy atom. The maximum atomic E-state index is 12.1. The van der Waals surface area contributed by atoms with E-state index in [1.807, 2.05) is 24.3 Å². The second-order valence-electron chi connectivity index (χ2n) is 4.87. The third-order valence-corrected chi connectivity index (χ3v) is 4.11.